The number of nitrogens with zero attached hydrogens (tertiary/aromatic N) is 1. The van der Waals surface area contributed by atoms with Gasteiger partial charge in [-0.1, -0.05) is 12.2 Å². The predicted octanol–water partition coefficient (Wildman–Crippen LogP) is 1.23. The lowest BCUT2D eigenvalue weighted by molar-refractivity contribution is -0.150. The number of aliphatic carboxylic acids is 1. The molecule has 0 aromatic carbocycles. The third-order valence-electron chi connectivity index (χ3n) is 3.39. The fraction of sp³-hybridized carbons (Fsp3) is 0.667. The van der Waals surface area contributed by atoms with Crippen LogP contribution < -0.4 is 0 Å². The lowest BCUT2D eigenvalue weighted by atomic mass is 9.82. The van der Waals surface area contributed by atoms with Gasteiger partial charge in [-0.25, -0.2) is 0 Å². The molecule has 1 N–H and O–H groups in total. The first-order chi connectivity index (χ1) is 8.20. The zero-order chi connectivity index (χ0) is 12.3. The maximum Gasteiger partial charge on any atom is 0.307 e. The van der Waals surface area contributed by atoms with E-state index in [1.807, 2.05) is 28.8 Å². The fourth-order valence-electron chi connectivity index (χ4n) is 2.38. The van der Waals surface area contributed by atoms with Crippen molar-refractivity contribution in [3.05, 3.63) is 12.2 Å². The molecule has 5 heteroatoms. The van der Waals surface area contributed by atoms with Gasteiger partial charge in [0.1, 0.15) is 0 Å². The lowest BCUT2D eigenvalue weighted by Gasteiger charge is -2.33. The summed E-state index contributed by atoms with van der Waals surface area (Å²) in [6.45, 7) is 1.52. The summed E-state index contributed by atoms with van der Waals surface area (Å²) in [6.07, 6.45) is 4.85. The van der Waals surface area contributed by atoms with Crippen molar-refractivity contribution >= 4 is 23.6 Å². The number of carboxylic acid groups (broad SMARTS) is 1. The Hall–Kier alpha value is -0.970. The van der Waals surface area contributed by atoms with E-state index in [1.54, 1.807) is 0 Å². The van der Waals surface area contributed by atoms with E-state index in [-0.39, 0.29) is 11.8 Å². The highest BCUT2D eigenvalue weighted by molar-refractivity contribution is 7.99. The molecule has 0 saturated carbocycles. The SMILES string of the molecule is O=C(O)[C@H]1CC=CC[C@H]1C(=O)N1CCSCC1. The van der Waals surface area contributed by atoms with Crippen LogP contribution in [0.15, 0.2) is 12.2 Å². The maximum atomic E-state index is 12.3. The number of rotatable bonds is 2. The van der Waals surface area contributed by atoms with Gasteiger partial charge in [0.05, 0.1) is 11.8 Å². The van der Waals surface area contributed by atoms with Gasteiger partial charge in [-0.15, -0.1) is 0 Å². The summed E-state index contributed by atoms with van der Waals surface area (Å²) in [6, 6.07) is 0. The van der Waals surface area contributed by atoms with E-state index in [9.17, 15) is 9.59 Å². The average molecular weight is 255 g/mol. The van der Waals surface area contributed by atoms with Crippen LogP contribution in [0.2, 0.25) is 0 Å². The number of carbonyl (C=O) groups excluding carboxylic acids is 1. The van der Waals surface area contributed by atoms with Crippen LogP contribution in [0, 0.1) is 11.8 Å². The molecule has 1 aliphatic heterocycles. The van der Waals surface area contributed by atoms with E-state index in [0.29, 0.717) is 12.8 Å². The van der Waals surface area contributed by atoms with Crippen LogP contribution >= 0.6 is 11.8 Å². The van der Waals surface area contributed by atoms with Crippen LogP contribution in [-0.4, -0.2) is 46.5 Å². The molecule has 2 aliphatic rings. The molecule has 0 unspecified atom stereocenters. The topological polar surface area (TPSA) is 57.6 Å². The predicted molar refractivity (Wildman–Crippen MR) is 66.9 cm³/mol. The Labute approximate surface area is 105 Å². The molecule has 17 heavy (non-hydrogen) atoms. The van der Waals surface area contributed by atoms with E-state index in [1.165, 1.54) is 0 Å². The van der Waals surface area contributed by atoms with E-state index < -0.39 is 11.9 Å². The van der Waals surface area contributed by atoms with Crippen LogP contribution in [0.25, 0.3) is 0 Å². The van der Waals surface area contributed by atoms with Crippen molar-refractivity contribution in [2.24, 2.45) is 11.8 Å². The van der Waals surface area contributed by atoms with Crippen LogP contribution in [-0.2, 0) is 9.59 Å². The number of allylic oxidation sites excluding steroid dienone is 2. The summed E-state index contributed by atoms with van der Waals surface area (Å²) in [5.41, 5.74) is 0. The van der Waals surface area contributed by atoms with Crippen LogP contribution in [0.5, 0.6) is 0 Å². The molecule has 1 amide bonds. The Morgan fingerprint density at radius 1 is 1.12 bits per heavy atom. The summed E-state index contributed by atoms with van der Waals surface area (Å²) < 4.78 is 0. The number of thioether (sulfide) groups is 1. The second-order valence-electron chi connectivity index (χ2n) is 4.43. The minimum absolute atomic E-state index is 0.0297. The van der Waals surface area contributed by atoms with Crippen molar-refractivity contribution in [2.45, 2.75) is 12.8 Å². The number of hydrogen-bond donors (Lipinski definition) is 1. The molecule has 2 rings (SSSR count). The maximum absolute atomic E-state index is 12.3. The molecule has 1 heterocycles. The monoisotopic (exact) mass is 255 g/mol. The Kier molecular flexibility index (Phi) is 4.10. The summed E-state index contributed by atoms with van der Waals surface area (Å²) in [7, 11) is 0. The molecule has 4 nitrogen and oxygen atoms in total. The van der Waals surface area contributed by atoms with Crippen molar-refractivity contribution in [1.82, 2.24) is 4.90 Å². The van der Waals surface area contributed by atoms with Gasteiger partial charge < -0.3 is 10.0 Å². The first-order valence-corrected chi connectivity index (χ1v) is 7.10. The van der Waals surface area contributed by atoms with Gasteiger partial charge in [0.2, 0.25) is 5.91 Å². The third-order valence-corrected chi connectivity index (χ3v) is 4.33. The summed E-state index contributed by atoms with van der Waals surface area (Å²) >= 11 is 1.85. The van der Waals surface area contributed by atoms with E-state index in [2.05, 4.69) is 0 Å². The second kappa shape index (κ2) is 5.58. The highest BCUT2D eigenvalue weighted by Crippen LogP contribution is 2.28. The van der Waals surface area contributed by atoms with E-state index in [0.717, 1.165) is 24.6 Å². The molecule has 2 atom stereocenters. The number of amides is 1. The van der Waals surface area contributed by atoms with Gasteiger partial charge in [0.15, 0.2) is 0 Å². The number of hydrogen-bond acceptors (Lipinski definition) is 3. The Bertz CT molecular complexity index is 337. The largest absolute Gasteiger partial charge is 0.481 e. The van der Waals surface area contributed by atoms with Gasteiger partial charge in [0.25, 0.3) is 0 Å². The van der Waals surface area contributed by atoms with Crippen molar-refractivity contribution in [3.63, 3.8) is 0 Å². The quantitative estimate of drug-likeness (QED) is 0.754. The van der Waals surface area contributed by atoms with E-state index in [4.69, 9.17) is 5.11 Å². The summed E-state index contributed by atoms with van der Waals surface area (Å²) in [5.74, 6) is 0.210. The van der Waals surface area contributed by atoms with Gasteiger partial charge >= 0.3 is 5.97 Å². The van der Waals surface area contributed by atoms with E-state index >= 15 is 0 Å². The molecule has 0 aromatic rings. The molecular formula is C12H17NO3S. The number of carboxylic acids is 1. The molecule has 0 aromatic heterocycles. The number of carbonyl (C=O) groups is 2. The van der Waals surface area contributed by atoms with Crippen LogP contribution in [0.4, 0.5) is 0 Å². The van der Waals surface area contributed by atoms with Gasteiger partial charge in [-0.3, -0.25) is 9.59 Å². The highest BCUT2D eigenvalue weighted by Gasteiger charge is 2.36. The molecule has 1 saturated heterocycles. The first kappa shape index (κ1) is 12.5. The van der Waals surface area contributed by atoms with Gasteiger partial charge in [-0.2, -0.15) is 11.8 Å². The Morgan fingerprint density at radius 2 is 1.71 bits per heavy atom. The Morgan fingerprint density at radius 3 is 2.29 bits per heavy atom. The van der Waals surface area contributed by atoms with Gasteiger partial charge in [0, 0.05) is 24.6 Å². The molecule has 0 radical (unpaired) electrons. The normalized spacial score (nSPS) is 29.1. The smallest absolute Gasteiger partial charge is 0.307 e. The molecule has 0 bridgehead atoms. The first-order valence-electron chi connectivity index (χ1n) is 5.94. The standard InChI is InChI=1S/C12H17NO3S/c14-11(13-5-7-17-8-6-13)9-3-1-2-4-10(9)12(15)16/h1-2,9-10H,3-8H2,(H,15,16)/t9-,10+/m1/s1. The van der Waals surface area contributed by atoms with Crippen molar-refractivity contribution < 1.29 is 14.7 Å². The molecule has 94 valence electrons. The lowest BCUT2D eigenvalue weighted by Crippen LogP contribution is -2.45. The Balaban J connectivity index is 2.05. The third kappa shape index (κ3) is 2.83. The average Bonchev–Trinajstić information content (AvgIpc) is 2.39. The minimum atomic E-state index is -0.848. The second-order valence-corrected chi connectivity index (χ2v) is 5.66. The summed E-state index contributed by atoms with van der Waals surface area (Å²) in [4.78, 5) is 25.3. The van der Waals surface area contributed by atoms with Crippen LogP contribution in [0.1, 0.15) is 12.8 Å². The summed E-state index contributed by atoms with van der Waals surface area (Å²) in [5, 5.41) is 9.15. The van der Waals surface area contributed by atoms with Crippen molar-refractivity contribution in [1.29, 1.82) is 0 Å². The van der Waals surface area contributed by atoms with Crippen molar-refractivity contribution in [2.75, 3.05) is 24.6 Å². The zero-order valence-electron chi connectivity index (χ0n) is 9.67. The fourth-order valence-corrected chi connectivity index (χ4v) is 3.28. The van der Waals surface area contributed by atoms with Crippen LogP contribution in [0.3, 0.4) is 0 Å². The van der Waals surface area contributed by atoms with Gasteiger partial charge in [-0.05, 0) is 12.8 Å². The highest BCUT2D eigenvalue weighted by atomic mass is 32.2. The zero-order valence-corrected chi connectivity index (χ0v) is 10.5. The van der Waals surface area contributed by atoms with Crippen molar-refractivity contribution in [3.8, 4) is 0 Å². The molecule has 0 spiro atoms. The molecule has 1 fully saturated rings. The molecule has 1 aliphatic carbocycles. The molecular weight excluding hydrogens is 238 g/mol. The minimum Gasteiger partial charge on any atom is -0.481 e.